The number of nitrogens with one attached hydrogen (secondary N) is 2. The van der Waals surface area contributed by atoms with Crippen LogP contribution in [0.15, 0.2) is 36.4 Å². The summed E-state index contributed by atoms with van der Waals surface area (Å²) in [7, 11) is 3.41. The molecule has 4 N–H and O–H groups in total. The molecule has 162 valence electrons. The Morgan fingerprint density at radius 1 is 1.16 bits per heavy atom. The molecule has 1 fully saturated rings. The maximum atomic E-state index is 11.7. The number of aromatic nitrogens is 3. The van der Waals surface area contributed by atoms with E-state index in [9.17, 15) is 4.79 Å². The van der Waals surface area contributed by atoms with Crippen LogP contribution in [0, 0.1) is 17.2 Å². The van der Waals surface area contributed by atoms with Crippen molar-refractivity contribution in [2.75, 3.05) is 19.0 Å². The van der Waals surface area contributed by atoms with Crippen molar-refractivity contribution in [3.8, 4) is 11.4 Å². The van der Waals surface area contributed by atoms with E-state index in [0.29, 0.717) is 11.5 Å². The first kappa shape index (κ1) is 20.8. The standard InChI is InChI=1S/C23H28N6O2/c1-29-21(16-9-7-15(8-10-16)20(24)25)27-18-11-12-19(28-22(18)29)26-13-14-3-5-17(6-4-14)23(30)31-2/h7-12,14,17H,3-6,13H2,1-2H3,(H3,24,25)(H,26,28). The molecule has 8 heteroatoms. The Bertz CT molecular complexity index is 1100. The Hall–Kier alpha value is -3.42. The number of nitrogens with zero attached hydrogens (tertiary/aromatic N) is 3. The maximum absolute atomic E-state index is 11.7. The number of nitrogens with two attached hydrogens (primary N) is 1. The number of ether oxygens (including phenoxy) is 1. The molecule has 4 rings (SSSR count). The first-order valence-electron chi connectivity index (χ1n) is 10.6. The van der Waals surface area contributed by atoms with Crippen molar-refractivity contribution >= 4 is 28.8 Å². The average Bonchev–Trinajstić information content (AvgIpc) is 3.13. The van der Waals surface area contributed by atoms with Gasteiger partial charge in [-0.1, -0.05) is 24.3 Å². The molecule has 0 amide bonds. The van der Waals surface area contributed by atoms with E-state index in [1.165, 1.54) is 7.11 Å². The van der Waals surface area contributed by atoms with Crippen LogP contribution in [0.1, 0.15) is 31.2 Å². The lowest BCUT2D eigenvalue weighted by Gasteiger charge is -2.27. The van der Waals surface area contributed by atoms with Gasteiger partial charge in [-0.3, -0.25) is 10.2 Å². The van der Waals surface area contributed by atoms with Gasteiger partial charge in [-0.2, -0.15) is 0 Å². The normalized spacial score (nSPS) is 18.6. The van der Waals surface area contributed by atoms with Crippen molar-refractivity contribution in [1.29, 1.82) is 5.41 Å². The van der Waals surface area contributed by atoms with Gasteiger partial charge in [0.05, 0.1) is 13.0 Å². The summed E-state index contributed by atoms with van der Waals surface area (Å²) >= 11 is 0. The van der Waals surface area contributed by atoms with Crippen LogP contribution in [0.4, 0.5) is 5.82 Å². The van der Waals surface area contributed by atoms with E-state index in [1.54, 1.807) is 0 Å². The predicted molar refractivity (Wildman–Crippen MR) is 121 cm³/mol. The fourth-order valence-corrected chi connectivity index (χ4v) is 4.24. The zero-order chi connectivity index (χ0) is 22.0. The first-order chi connectivity index (χ1) is 15.0. The molecule has 31 heavy (non-hydrogen) atoms. The number of anilines is 1. The zero-order valence-corrected chi connectivity index (χ0v) is 17.9. The monoisotopic (exact) mass is 420 g/mol. The van der Waals surface area contributed by atoms with Gasteiger partial charge in [0, 0.05) is 24.7 Å². The first-order valence-corrected chi connectivity index (χ1v) is 10.6. The van der Waals surface area contributed by atoms with Gasteiger partial charge in [-0.25, -0.2) is 9.97 Å². The third-order valence-electron chi connectivity index (χ3n) is 6.12. The highest BCUT2D eigenvalue weighted by Gasteiger charge is 2.26. The molecule has 0 radical (unpaired) electrons. The van der Waals surface area contributed by atoms with E-state index in [0.717, 1.165) is 60.6 Å². The van der Waals surface area contributed by atoms with Crippen LogP contribution in [0.2, 0.25) is 0 Å². The molecule has 1 aromatic carbocycles. The van der Waals surface area contributed by atoms with Gasteiger partial charge >= 0.3 is 5.97 Å². The third kappa shape index (κ3) is 4.38. The van der Waals surface area contributed by atoms with Crippen LogP contribution in [-0.4, -0.2) is 40.0 Å². The third-order valence-corrected chi connectivity index (χ3v) is 6.12. The van der Waals surface area contributed by atoms with Gasteiger partial charge in [0.25, 0.3) is 0 Å². The second-order valence-corrected chi connectivity index (χ2v) is 8.15. The van der Waals surface area contributed by atoms with Crippen molar-refractivity contribution in [2.45, 2.75) is 25.7 Å². The predicted octanol–water partition coefficient (Wildman–Crippen LogP) is 3.31. The Morgan fingerprint density at radius 2 is 1.87 bits per heavy atom. The summed E-state index contributed by atoms with van der Waals surface area (Å²) in [6.07, 6.45) is 3.81. The minimum Gasteiger partial charge on any atom is -0.469 e. The number of hydrogen-bond acceptors (Lipinski definition) is 6. The molecule has 1 aliphatic carbocycles. The molecule has 1 saturated carbocycles. The van der Waals surface area contributed by atoms with Crippen molar-refractivity contribution in [1.82, 2.24) is 14.5 Å². The number of esters is 1. The number of pyridine rings is 1. The summed E-state index contributed by atoms with van der Waals surface area (Å²) in [6, 6.07) is 11.4. The van der Waals surface area contributed by atoms with Gasteiger partial charge in [-0.15, -0.1) is 0 Å². The fourth-order valence-electron chi connectivity index (χ4n) is 4.24. The smallest absolute Gasteiger partial charge is 0.308 e. The number of methoxy groups -OCH3 is 1. The van der Waals surface area contributed by atoms with E-state index in [-0.39, 0.29) is 17.7 Å². The number of amidine groups is 1. The molecule has 1 aliphatic rings. The molecular formula is C23H28N6O2. The Kier molecular flexibility index (Phi) is 5.88. The number of nitrogen functional groups attached to an aromatic ring is 1. The molecule has 0 bridgehead atoms. The van der Waals surface area contributed by atoms with Crippen LogP contribution in [0.25, 0.3) is 22.6 Å². The molecule has 8 nitrogen and oxygen atoms in total. The number of imidazole rings is 1. The zero-order valence-electron chi connectivity index (χ0n) is 17.9. The molecule has 0 aliphatic heterocycles. The molecule has 0 saturated heterocycles. The highest BCUT2D eigenvalue weighted by atomic mass is 16.5. The van der Waals surface area contributed by atoms with E-state index >= 15 is 0 Å². The van der Waals surface area contributed by atoms with Crippen LogP contribution in [0.5, 0.6) is 0 Å². The summed E-state index contributed by atoms with van der Waals surface area (Å²) in [5.41, 5.74) is 8.82. The molecule has 2 aromatic heterocycles. The minimum atomic E-state index is -0.0820. The topological polar surface area (TPSA) is 119 Å². The van der Waals surface area contributed by atoms with Crippen molar-refractivity contribution in [2.24, 2.45) is 24.6 Å². The molecule has 3 aromatic rings. The van der Waals surface area contributed by atoms with E-state index in [1.807, 2.05) is 48.0 Å². The van der Waals surface area contributed by atoms with Gasteiger partial charge < -0.3 is 20.4 Å². The van der Waals surface area contributed by atoms with Crippen LogP contribution in [0.3, 0.4) is 0 Å². The largest absolute Gasteiger partial charge is 0.469 e. The van der Waals surface area contributed by atoms with Gasteiger partial charge in [0.2, 0.25) is 0 Å². The number of hydrogen-bond donors (Lipinski definition) is 3. The minimum absolute atomic E-state index is 0.0488. The summed E-state index contributed by atoms with van der Waals surface area (Å²) in [5, 5.41) is 11.0. The van der Waals surface area contributed by atoms with Crippen LogP contribution < -0.4 is 11.1 Å². The number of rotatable bonds is 6. The summed E-state index contributed by atoms with van der Waals surface area (Å²) in [4.78, 5) is 21.2. The molecule has 0 unspecified atom stereocenters. The number of aryl methyl sites for hydroxylation is 1. The quantitative estimate of drug-likeness (QED) is 0.320. The van der Waals surface area contributed by atoms with E-state index < -0.39 is 0 Å². The Balaban J connectivity index is 1.44. The van der Waals surface area contributed by atoms with E-state index in [2.05, 4.69) is 5.32 Å². The second-order valence-electron chi connectivity index (χ2n) is 8.15. The van der Waals surface area contributed by atoms with Crippen LogP contribution in [-0.2, 0) is 16.6 Å². The number of carbonyl (C=O) groups is 1. The average molecular weight is 421 g/mol. The maximum Gasteiger partial charge on any atom is 0.308 e. The van der Waals surface area contributed by atoms with Crippen LogP contribution >= 0.6 is 0 Å². The lowest BCUT2D eigenvalue weighted by atomic mass is 9.82. The lowest BCUT2D eigenvalue weighted by molar-refractivity contribution is -0.146. The lowest BCUT2D eigenvalue weighted by Crippen LogP contribution is -2.26. The van der Waals surface area contributed by atoms with Gasteiger partial charge in [-0.05, 0) is 43.7 Å². The number of benzene rings is 1. The fraction of sp³-hybridized carbons (Fsp3) is 0.391. The van der Waals surface area contributed by atoms with Crippen molar-refractivity contribution < 1.29 is 9.53 Å². The highest BCUT2D eigenvalue weighted by molar-refractivity contribution is 5.95. The van der Waals surface area contributed by atoms with Gasteiger partial charge in [0.15, 0.2) is 5.65 Å². The van der Waals surface area contributed by atoms with E-state index in [4.69, 9.17) is 25.8 Å². The Morgan fingerprint density at radius 3 is 2.52 bits per heavy atom. The Labute approximate surface area is 181 Å². The summed E-state index contributed by atoms with van der Waals surface area (Å²) in [5.74, 6) is 2.18. The molecule has 2 heterocycles. The van der Waals surface area contributed by atoms with Crippen molar-refractivity contribution in [3.63, 3.8) is 0 Å². The SMILES string of the molecule is COC(=O)C1CCC(CNc2ccc3nc(-c4ccc(C(=N)N)cc4)n(C)c3n2)CC1. The number of fused-ring (bicyclic) bond motifs is 1. The second kappa shape index (κ2) is 8.75. The van der Waals surface area contributed by atoms with Gasteiger partial charge in [0.1, 0.15) is 23.0 Å². The highest BCUT2D eigenvalue weighted by Crippen LogP contribution is 2.30. The summed E-state index contributed by atoms with van der Waals surface area (Å²) in [6.45, 7) is 0.837. The number of carbonyl (C=O) groups excluding carboxylic acids is 1. The molecule has 0 atom stereocenters. The molecule has 0 spiro atoms. The molecular weight excluding hydrogens is 392 g/mol. The summed E-state index contributed by atoms with van der Waals surface area (Å²) < 4.78 is 6.85. The van der Waals surface area contributed by atoms with Crippen molar-refractivity contribution in [3.05, 3.63) is 42.0 Å².